The Kier molecular flexibility index (Phi) is 4.69. The predicted octanol–water partition coefficient (Wildman–Crippen LogP) is 0.785. The van der Waals surface area contributed by atoms with E-state index in [0.29, 0.717) is 12.2 Å². The van der Waals surface area contributed by atoms with Crippen LogP contribution in [0, 0.1) is 0 Å². The molecular formula is C9H16N4OS2. The fourth-order valence-electron chi connectivity index (χ4n) is 0.914. The smallest absolute Gasteiger partial charge is 0.237 e. The molecule has 0 fully saturated rings. The number of aromatic nitrogens is 2. The topological polar surface area (TPSA) is 94.9 Å². The Morgan fingerprint density at radius 2 is 2.31 bits per heavy atom. The number of rotatable bonds is 6. The van der Waals surface area contributed by atoms with Crippen LogP contribution in [0.25, 0.3) is 0 Å². The van der Waals surface area contributed by atoms with Gasteiger partial charge >= 0.3 is 0 Å². The summed E-state index contributed by atoms with van der Waals surface area (Å²) in [7, 11) is 0. The van der Waals surface area contributed by atoms with E-state index < -0.39 is 11.4 Å². The van der Waals surface area contributed by atoms with Gasteiger partial charge in [0.15, 0.2) is 4.34 Å². The number of nitrogens with two attached hydrogens (primary N) is 2. The maximum absolute atomic E-state index is 11.0. The molecular weight excluding hydrogens is 244 g/mol. The molecule has 0 bridgehead atoms. The van der Waals surface area contributed by atoms with E-state index in [0.717, 1.165) is 16.6 Å². The first-order valence-electron chi connectivity index (χ1n) is 5.00. The zero-order valence-electron chi connectivity index (χ0n) is 9.40. The highest BCUT2D eigenvalue weighted by Gasteiger charge is 2.25. The van der Waals surface area contributed by atoms with Gasteiger partial charge in [0.05, 0.1) is 5.54 Å². The van der Waals surface area contributed by atoms with Crippen molar-refractivity contribution in [1.82, 2.24) is 9.36 Å². The van der Waals surface area contributed by atoms with E-state index in [2.05, 4.69) is 9.36 Å². The third-order valence-corrected chi connectivity index (χ3v) is 4.05. The minimum absolute atomic E-state index is 0.473. The second-order valence-electron chi connectivity index (χ2n) is 3.71. The first-order chi connectivity index (χ1) is 7.45. The summed E-state index contributed by atoms with van der Waals surface area (Å²) in [6.45, 7) is 3.66. The first-order valence-corrected chi connectivity index (χ1v) is 6.76. The molecule has 1 atom stereocenters. The monoisotopic (exact) mass is 260 g/mol. The van der Waals surface area contributed by atoms with E-state index in [4.69, 9.17) is 11.5 Å². The Balaban J connectivity index is 2.38. The summed E-state index contributed by atoms with van der Waals surface area (Å²) >= 11 is 2.94. The van der Waals surface area contributed by atoms with E-state index >= 15 is 0 Å². The standard InChI is InChI=1S/C9H16N4OS2/c1-3-6-12-8(16-13-6)15-5-4-9(2,11)7(10)14/h3-5,11H2,1-2H3,(H2,10,14). The molecule has 90 valence electrons. The van der Waals surface area contributed by atoms with Crippen molar-refractivity contribution in [1.29, 1.82) is 0 Å². The number of carbonyl (C=O) groups is 1. The van der Waals surface area contributed by atoms with Crippen molar-refractivity contribution in [3.8, 4) is 0 Å². The Bertz CT molecular complexity index is 364. The number of aryl methyl sites for hydroxylation is 1. The molecule has 0 saturated heterocycles. The number of hydrogen-bond donors (Lipinski definition) is 2. The molecule has 0 saturated carbocycles. The van der Waals surface area contributed by atoms with Crippen LogP contribution >= 0.6 is 23.3 Å². The van der Waals surface area contributed by atoms with Crippen LogP contribution in [0.15, 0.2) is 4.34 Å². The lowest BCUT2D eigenvalue weighted by molar-refractivity contribution is -0.122. The van der Waals surface area contributed by atoms with Gasteiger partial charge in [-0.2, -0.15) is 4.37 Å². The number of thioether (sulfide) groups is 1. The van der Waals surface area contributed by atoms with E-state index in [1.54, 1.807) is 18.7 Å². The normalized spacial score (nSPS) is 14.7. The number of amides is 1. The zero-order valence-corrected chi connectivity index (χ0v) is 11.0. The Morgan fingerprint density at radius 1 is 1.62 bits per heavy atom. The molecule has 0 aliphatic rings. The molecule has 0 aromatic carbocycles. The van der Waals surface area contributed by atoms with Gasteiger partial charge in [0, 0.05) is 12.2 Å². The third-order valence-electron chi connectivity index (χ3n) is 2.18. The Morgan fingerprint density at radius 3 is 2.81 bits per heavy atom. The molecule has 5 nitrogen and oxygen atoms in total. The largest absolute Gasteiger partial charge is 0.368 e. The molecule has 1 rings (SSSR count). The fourth-order valence-corrected chi connectivity index (χ4v) is 2.86. The molecule has 4 N–H and O–H groups in total. The SMILES string of the molecule is CCc1nsc(SCCC(C)(N)C(N)=O)n1. The van der Waals surface area contributed by atoms with Crippen LogP contribution < -0.4 is 11.5 Å². The fraction of sp³-hybridized carbons (Fsp3) is 0.667. The van der Waals surface area contributed by atoms with Crippen molar-refractivity contribution in [3.63, 3.8) is 0 Å². The molecule has 7 heteroatoms. The second-order valence-corrected chi connectivity index (χ2v) is 5.80. The highest BCUT2D eigenvalue weighted by Crippen LogP contribution is 2.22. The van der Waals surface area contributed by atoms with Gasteiger partial charge in [0.25, 0.3) is 0 Å². The van der Waals surface area contributed by atoms with Crippen LogP contribution in [-0.4, -0.2) is 26.6 Å². The number of hydrogen-bond acceptors (Lipinski definition) is 6. The van der Waals surface area contributed by atoms with Crippen LogP contribution in [-0.2, 0) is 11.2 Å². The molecule has 0 radical (unpaired) electrons. The van der Waals surface area contributed by atoms with Crippen molar-refractivity contribution in [2.45, 2.75) is 36.6 Å². The molecule has 0 spiro atoms. The third kappa shape index (κ3) is 3.73. The molecule has 0 aliphatic carbocycles. The van der Waals surface area contributed by atoms with Crippen molar-refractivity contribution >= 4 is 29.2 Å². The van der Waals surface area contributed by atoms with Gasteiger partial charge in [0.1, 0.15) is 5.82 Å². The number of nitrogens with zero attached hydrogens (tertiary/aromatic N) is 2. The number of carbonyl (C=O) groups excluding carboxylic acids is 1. The van der Waals surface area contributed by atoms with E-state index in [9.17, 15) is 4.79 Å². The van der Waals surface area contributed by atoms with Gasteiger partial charge < -0.3 is 11.5 Å². The summed E-state index contributed by atoms with van der Waals surface area (Å²) in [5.41, 5.74) is 9.97. The molecule has 1 aromatic heterocycles. The lowest BCUT2D eigenvalue weighted by Gasteiger charge is -2.19. The summed E-state index contributed by atoms with van der Waals surface area (Å²) < 4.78 is 5.09. The first kappa shape index (κ1) is 13.4. The van der Waals surface area contributed by atoms with Crippen molar-refractivity contribution in [2.75, 3.05) is 5.75 Å². The summed E-state index contributed by atoms with van der Waals surface area (Å²) in [4.78, 5) is 15.3. The highest BCUT2D eigenvalue weighted by molar-refractivity contribution is 8.00. The van der Waals surface area contributed by atoms with Crippen LogP contribution in [0.1, 0.15) is 26.1 Å². The molecule has 16 heavy (non-hydrogen) atoms. The summed E-state index contributed by atoms with van der Waals surface area (Å²) in [5, 5.41) is 0. The van der Waals surface area contributed by atoms with Gasteiger partial charge in [-0.25, -0.2) is 4.98 Å². The quantitative estimate of drug-likeness (QED) is 0.737. The van der Waals surface area contributed by atoms with E-state index in [1.165, 1.54) is 11.5 Å². The maximum atomic E-state index is 11.0. The van der Waals surface area contributed by atoms with Crippen molar-refractivity contribution in [2.24, 2.45) is 11.5 Å². The molecule has 1 heterocycles. The van der Waals surface area contributed by atoms with Gasteiger partial charge in [-0.15, -0.1) is 0 Å². The van der Waals surface area contributed by atoms with Crippen molar-refractivity contribution in [3.05, 3.63) is 5.82 Å². The minimum Gasteiger partial charge on any atom is -0.368 e. The van der Waals surface area contributed by atoms with Crippen LogP contribution in [0.2, 0.25) is 0 Å². The van der Waals surface area contributed by atoms with Gasteiger partial charge in [0.2, 0.25) is 5.91 Å². The Hall–Kier alpha value is -0.660. The van der Waals surface area contributed by atoms with Gasteiger partial charge in [-0.1, -0.05) is 18.7 Å². The average Bonchev–Trinajstić information content (AvgIpc) is 2.65. The molecule has 1 aromatic rings. The molecule has 1 amide bonds. The Labute approximate surface area is 103 Å². The van der Waals surface area contributed by atoms with E-state index in [-0.39, 0.29) is 0 Å². The highest BCUT2D eigenvalue weighted by atomic mass is 32.2. The average molecular weight is 260 g/mol. The molecule has 1 unspecified atom stereocenters. The lowest BCUT2D eigenvalue weighted by Crippen LogP contribution is -2.49. The van der Waals surface area contributed by atoms with Crippen LogP contribution in [0.5, 0.6) is 0 Å². The van der Waals surface area contributed by atoms with Crippen LogP contribution in [0.4, 0.5) is 0 Å². The van der Waals surface area contributed by atoms with Gasteiger partial charge in [-0.05, 0) is 24.9 Å². The van der Waals surface area contributed by atoms with Crippen molar-refractivity contribution < 1.29 is 4.79 Å². The van der Waals surface area contributed by atoms with Gasteiger partial charge in [-0.3, -0.25) is 4.79 Å². The lowest BCUT2D eigenvalue weighted by atomic mass is 10.0. The number of primary amides is 1. The summed E-state index contributed by atoms with van der Waals surface area (Å²) in [6, 6.07) is 0. The minimum atomic E-state index is -0.939. The van der Waals surface area contributed by atoms with E-state index in [1.807, 2.05) is 6.92 Å². The zero-order chi connectivity index (χ0) is 12.2. The molecule has 0 aliphatic heterocycles. The maximum Gasteiger partial charge on any atom is 0.237 e. The van der Waals surface area contributed by atoms with Crippen LogP contribution in [0.3, 0.4) is 0 Å². The summed E-state index contributed by atoms with van der Waals surface area (Å²) in [5.74, 6) is 1.10. The second kappa shape index (κ2) is 5.60. The summed E-state index contributed by atoms with van der Waals surface area (Å²) in [6.07, 6.45) is 1.38. The predicted molar refractivity (Wildman–Crippen MR) is 66.4 cm³/mol.